The number of esters is 3. The molecule has 1 aliphatic rings. The van der Waals surface area contributed by atoms with Crippen LogP contribution in [0.2, 0.25) is 0 Å². The molecular formula is C45H85NO7. The van der Waals surface area contributed by atoms with Gasteiger partial charge in [0.05, 0.1) is 43.8 Å². The second-order valence-electron chi connectivity index (χ2n) is 17.2. The van der Waals surface area contributed by atoms with E-state index in [4.69, 9.17) is 18.9 Å². The third-order valence-electron chi connectivity index (χ3n) is 11.0. The largest absolute Gasteiger partial charge is 0.465 e. The van der Waals surface area contributed by atoms with E-state index in [1.54, 1.807) is 0 Å². The highest BCUT2D eigenvalue weighted by Gasteiger charge is 2.30. The van der Waals surface area contributed by atoms with E-state index in [1.807, 2.05) is 27.7 Å². The molecule has 0 saturated carbocycles. The molecule has 1 saturated heterocycles. The third-order valence-corrected chi connectivity index (χ3v) is 11.0. The molecule has 0 spiro atoms. The van der Waals surface area contributed by atoms with Gasteiger partial charge in [0.15, 0.2) is 0 Å². The van der Waals surface area contributed by atoms with Gasteiger partial charge in [0, 0.05) is 13.1 Å². The molecular weight excluding hydrogens is 666 g/mol. The first kappa shape index (κ1) is 49.3. The summed E-state index contributed by atoms with van der Waals surface area (Å²) in [6.45, 7) is 16.7. The number of hydrogen-bond acceptors (Lipinski definition) is 8. The Balaban J connectivity index is 2.38. The lowest BCUT2D eigenvalue weighted by Crippen LogP contribution is -2.40. The zero-order valence-corrected chi connectivity index (χ0v) is 35.7. The van der Waals surface area contributed by atoms with Gasteiger partial charge in [0.2, 0.25) is 0 Å². The number of morpholine rings is 1. The van der Waals surface area contributed by atoms with Crippen LogP contribution >= 0.6 is 0 Å². The predicted molar refractivity (Wildman–Crippen MR) is 218 cm³/mol. The number of hydrogen-bond donors (Lipinski definition) is 0. The van der Waals surface area contributed by atoms with Crippen LogP contribution in [0.4, 0.5) is 0 Å². The number of carbonyl (C=O) groups is 3. The normalized spacial score (nSPS) is 14.1. The first-order chi connectivity index (χ1) is 25.5. The highest BCUT2D eigenvalue weighted by atomic mass is 16.5. The Labute approximate surface area is 326 Å². The van der Waals surface area contributed by atoms with Crippen LogP contribution in [0, 0.1) is 10.8 Å². The summed E-state index contributed by atoms with van der Waals surface area (Å²) in [6.07, 6.45) is 28.6. The SMILES string of the molecule is CCCCCCCCCCOC(=O)C(C)(C)CCCCCC(CCCCCC(C)(C)C(=O)OCCCCCCCCCC)OC(=O)CN1CCOCC1. The number of ether oxygens (including phenoxy) is 4. The van der Waals surface area contributed by atoms with Crippen molar-refractivity contribution in [2.75, 3.05) is 46.1 Å². The van der Waals surface area contributed by atoms with Crippen molar-refractivity contribution in [2.45, 2.75) is 215 Å². The molecule has 0 amide bonds. The predicted octanol–water partition coefficient (Wildman–Crippen LogP) is 11.6. The van der Waals surface area contributed by atoms with Crippen LogP contribution in [0.3, 0.4) is 0 Å². The first-order valence-electron chi connectivity index (χ1n) is 22.4. The number of carbonyl (C=O) groups excluding carboxylic acids is 3. The van der Waals surface area contributed by atoms with Crippen molar-refractivity contribution in [3.63, 3.8) is 0 Å². The molecule has 0 aromatic carbocycles. The van der Waals surface area contributed by atoms with Crippen LogP contribution in [-0.2, 0) is 33.3 Å². The fraction of sp³-hybridized carbons (Fsp3) is 0.933. The molecule has 0 radical (unpaired) electrons. The molecule has 1 fully saturated rings. The maximum absolute atomic E-state index is 12.9. The van der Waals surface area contributed by atoms with Crippen LogP contribution in [-0.4, -0.2) is 75.0 Å². The standard InChI is InChI=1S/C45H85NO7/c1-7-9-11-13-15-17-19-27-35-51-42(48)44(3,4)31-25-21-23-29-40(53-41(47)39-46-33-37-50-38-34-46)30-24-22-26-32-45(5,6)43(49)52-36-28-20-18-16-14-12-10-8-2/h40H,7-39H2,1-6H3. The molecule has 1 heterocycles. The Morgan fingerprint density at radius 3 is 1.34 bits per heavy atom. The van der Waals surface area contributed by atoms with E-state index >= 15 is 0 Å². The van der Waals surface area contributed by atoms with Crippen molar-refractivity contribution in [1.29, 1.82) is 0 Å². The summed E-state index contributed by atoms with van der Waals surface area (Å²) in [7, 11) is 0. The van der Waals surface area contributed by atoms with E-state index in [9.17, 15) is 14.4 Å². The van der Waals surface area contributed by atoms with E-state index in [0.717, 1.165) is 103 Å². The monoisotopic (exact) mass is 752 g/mol. The Morgan fingerprint density at radius 2 is 0.925 bits per heavy atom. The molecule has 8 nitrogen and oxygen atoms in total. The Morgan fingerprint density at radius 1 is 0.547 bits per heavy atom. The lowest BCUT2D eigenvalue weighted by atomic mass is 9.86. The van der Waals surface area contributed by atoms with Crippen LogP contribution in [0.5, 0.6) is 0 Å². The van der Waals surface area contributed by atoms with Gasteiger partial charge in [-0.25, -0.2) is 0 Å². The second-order valence-corrected chi connectivity index (χ2v) is 17.2. The number of nitrogens with zero attached hydrogens (tertiary/aromatic N) is 1. The van der Waals surface area contributed by atoms with Crippen molar-refractivity contribution >= 4 is 17.9 Å². The van der Waals surface area contributed by atoms with Gasteiger partial charge in [-0.2, -0.15) is 0 Å². The minimum Gasteiger partial charge on any atom is -0.465 e. The Kier molecular flexibility index (Phi) is 29.4. The van der Waals surface area contributed by atoms with E-state index in [1.165, 1.54) is 77.0 Å². The average Bonchev–Trinajstić information content (AvgIpc) is 3.13. The van der Waals surface area contributed by atoms with Crippen molar-refractivity contribution in [3.05, 3.63) is 0 Å². The molecule has 312 valence electrons. The molecule has 0 unspecified atom stereocenters. The molecule has 1 rings (SSSR count). The summed E-state index contributed by atoms with van der Waals surface area (Å²) in [6, 6.07) is 0. The van der Waals surface area contributed by atoms with E-state index in [0.29, 0.717) is 33.0 Å². The van der Waals surface area contributed by atoms with Crippen LogP contribution in [0.1, 0.15) is 208 Å². The van der Waals surface area contributed by atoms with Gasteiger partial charge in [0.25, 0.3) is 0 Å². The van der Waals surface area contributed by atoms with E-state index in [2.05, 4.69) is 18.7 Å². The van der Waals surface area contributed by atoms with Crippen molar-refractivity contribution in [1.82, 2.24) is 4.90 Å². The fourth-order valence-electron chi connectivity index (χ4n) is 7.06. The number of unbranched alkanes of at least 4 members (excludes halogenated alkanes) is 18. The molecule has 0 aliphatic carbocycles. The lowest BCUT2D eigenvalue weighted by Gasteiger charge is -2.27. The number of rotatable bonds is 35. The molecule has 0 aromatic rings. The van der Waals surface area contributed by atoms with Gasteiger partial charge in [-0.1, -0.05) is 129 Å². The van der Waals surface area contributed by atoms with Gasteiger partial charge >= 0.3 is 17.9 Å². The van der Waals surface area contributed by atoms with E-state index in [-0.39, 0.29) is 24.0 Å². The Bertz CT molecular complexity index is 859. The Hall–Kier alpha value is -1.67. The van der Waals surface area contributed by atoms with Gasteiger partial charge in [-0.15, -0.1) is 0 Å². The molecule has 53 heavy (non-hydrogen) atoms. The minimum absolute atomic E-state index is 0.0877. The van der Waals surface area contributed by atoms with Crippen LogP contribution < -0.4 is 0 Å². The third kappa shape index (κ3) is 26.7. The van der Waals surface area contributed by atoms with Gasteiger partial charge in [-0.05, 0) is 79.1 Å². The lowest BCUT2D eigenvalue weighted by molar-refractivity contribution is -0.155. The van der Waals surface area contributed by atoms with Crippen molar-refractivity contribution in [2.24, 2.45) is 10.8 Å². The summed E-state index contributed by atoms with van der Waals surface area (Å²) >= 11 is 0. The van der Waals surface area contributed by atoms with Gasteiger partial charge < -0.3 is 18.9 Å². The zero-order chi connectivity index (χ0) is 39.0. The maximum Gasteiger partial charge on any atom is 0.320 e. The summed E-state index contributed by atoms with van der Waals surface area (Å²) in [5.41, 5.74) is -0.976. The smallest absolute Gasteiger partial charge is 0.320 e. The van der Waals surface area contributed by atoms with Gasteiger partial charge in [-0.3, -0.25) is 19.3 Å². The van der Waals surface area contributed by atoms with E-state index < -0.39 is 10.8 Å². The average molecular weight is 752 g/mol. The van der Waals surface area contributed by atoms with Gasteiger partial charge in [0.1, 0.15) is 6.10 Å². The molecule has 0 atom stereocenters. The van der Waals surface area contributed by atoms with Crippen LogP contribution in [0.25, 0.3) is 0 Å². The quantitative estimate of drug-likeness (QED) is 0.0359. The molecule has 0 bridgehead atoms. The summed E-state index contributed by atoms with van der Waals surface area (Å²) in [5.74, 6) is -0.330. The highest BCUT2D eigenvalue weighted by Crippen LogP contribution is 2.28. The van der Waals surface area contributed by atoms with Crippen molar-refractivity contribution < 1.29 is 33.3 Å². The fourth-order valence-corrected chi connectivity index (χ4v) is 7.06. The molecule has 1 aliphatic heterocycles. The maximum atomic E-state index is 12.9. The van der Waals surface area contributed by atoms with Crippen molar-refractivity contribution in [3.8, 4) is 0 Å². The summed E-state index contributed by atoms with van der Waals surface area (Å²) in [5, 5.41) is 0. The zero-order valence-electron chi connectivity index (χ0n) is 35.7. The van der Waals surface area contributed by atoms with Crippen LogP contribution in [0.15, 0.2) is 0 Å². The second kappa shape index (κ2) is 31.5. The summed E-state index contributed by atoms with van der Waals surface area (Å²) in [4.78, 5) is 40.6. The molecule has 0 N–H and O–H groups in total. The topological polar surface area (TPSA) is 91.4 Å². The first-order valence-corrected chi connectivity index (χ1v) is 22.4. The summed E-state index contributed by atoms with van der Waals surface area (Å²) < 4.78 is 22.8. The molecule has 8 heteroatoms. The minimum atomic E-state index is -0.488. The highest BCUT2D eigenvalue weighted by molar-refractivity contribution is 5.76. The molecule has 0 aromatic heterocycles.